The number of carbonyl (C=O) groups excluding carboxylic acids is 1. The van der Waals surface area contributed by atoms with Gasteiger partial charge in [0.2, 0.25) is 5.91 Å². The molecule has 0 spiro atoms. The molecule has 3 fully saturated rings. The molecule has 0 aromatic heterocycles. The van der Waals surface area contributed by atoms with E-state index in [1.165, 1.54) is 24.8 Å². The van der Waals surface area contributed by atoms with E-state index >= 15 is 0 Å². The third-order valence-corrected chi connectivity index (χ3v) is 6.18. The van der Waals surface area contributed by atoms with Crippen LogP contribution in [0.2, 0.25) is 0 Å². The van der Waals surface area contributed by atoms with Crippen molar-refractivity contribution in [1.29, 1.82) is 0 Å². The Labute approximate surface area is 162 Å². The number of hydrogen-bond donors (Lipinski definition) is 1. The smallest absolute Gasteiger partial charge is 0.226 e. The van der Waals surface area contributed by atoms with E-state index in [1.54, 1.807) is 0 Å². The molecule has 144 valence electrons. The first-order valence-corrected chi connectivity index (χ1v) is 9.68. The predicted molar refractivity (Wildman–Crippen MR) is 107 cm³/mol. The first-order valence-electron chi connectivity index (χ1n) is 9.68. The van der Waals surface area contributed by atoms with Crippen LogP contribution in [0.15, 0.2) is 18.2 Å². The predicted octanol–water partition coefficient (Wildman–Crippen LogP) is 2.96. The van der Waals surface area contributed by atoms with Gasteiger partial charge in [-0.25, -0.2) is 0 Å². The van der Waals surface area contributed by atoms with Gasteiger partial charge in [0.05, 0.1) is 13.2 Å². The molecule has 4 rings (SSSR count). The molecule has 0 radical (unpaired) electrons. The van der Waals surface area contributed by atoms with Crippen molar-refractivity contribution in [3.05, 3.63) is 23.8 Å². The molecular formula is C20H30ClN3O2. The van der Waals surface area contributed by atoms with Gasteiger partial charge in [0.1, 0.15) is 0 Å². The lowest BCUT2D eigenvalue weighted by Crippen LogP contribution is -2.49. The summed E-state index contributed by atoms with van der Waals surface area (Å²) in [6.07, 6.45) is 6.42. The third kappa shape index (κ3) is 3.71. The Bertz CT molecular complexity index is 642. The molecule has 2 N–H and O–H groups in total. The van der Waals surface area contributed by atoms with Crippen LogP contribution in [0.1, 0.15) is 44.1 Å². The standard InChI is InChI=1S/C20H29N3O2.ClH/c21-18-14-16(23-9-2-1-4-19(23)24)5-6-17(18)20(7-3-8-20)15-22-10-12-25-13-11-22;/h5-6,14H,1-4,7-13,15,21H2;1H. The van der Waals surface area contributed by atoms with Gasteiger partial charge in [-0.05, 0) is 43.4 Å². The van der Waals surface area contributed by atoms with Gasteiger partial charge in [-0.3, -0.25) is 9.69 Å². The third-order valence-electron chi connectivity index (χ3n) is 6.18. The summed E-state index contributed by atoms with van der Waals surface area (Å²) in [5.74, 6) is 0.227. The second-order valence-electron chi connectivity index (χ2n) is 7.80. The molecule has 1 aromatic carbocycles. The molecule has 6 heteroatoms. The van der Waals surface area contributed by atoms with Crippen molar-refractivity contribution in [3.63, 3.8) is 0 Å². The fourth-order valence-corrected chi connectivity index (χ4v) is 4.58. The molecule has 1 amide bonds. The van der Waals surface area contributed by atoms with E-state index in [0.717, 1.165) is 63.6 Å². The molecule has 0 atom stereocenters. The maximum atomic E-state index is 12.2. The highest BCUT2D eigenvalue weighted by molar-refractivity contribution is 5.94. The van der Waals surface area contributed by atoms with Crippen molar-refractivity contribution in [2.24, 2.45) is 0 Å². The minimum Gasteiger partial charge on any atom is -0.398 e. The fraction of sp³-hybridized carbons (Fsp3) is 0.650. The largest absolute Gasteiger partial charge is 0.398 e. The molecule has 0 bridgehead atoms. The Hall–Kier alpha value is -1.30. The number of carbonyl (C=O) groups is 1. The summed E-state index contributed by atoms with van der Waals surface area (Å²) in [6.45, 7) is 5.59. The van der Waals surface area contributed by atoms with Crippen LogP contribution in [0, 0.1) is 0 Å². The van der Waals surface area contributed by atoms with Gasteiger partial charge in [-0.1, -0.05) is 12.5 Å². The van der Waals surface area contributed by atoms with Crippen LogP contribution in [0.25, 0.3) is 0 Å². The minimum atomic E-state index is 0. The average Bonchev–Trinajstić information content (AvgIpc) is 2.60. The van der Waals surface area contributed by atoms with Crippen LogP contribution in [0.4, 0.5) is 11.4 Å². The van der Waals surface area contributed by atoms with Crippen molar-refractivity contribution in [2.45, 2.75) is 43.9 Å². The van der Waals surface area contributed by atoms with Crippen molar-refractivity contribution in [2.75, 3.05) is 50.0 Å². The molecule has 2 saturated heterocycles. The topological polar surface area (TPSA) is 58.8 Å². The number of piperidine rings is 1. The van der Waals surface area contributed by atoms with Gasteiger partial charge in [0.15, 0.2) is 0 Å². The number of hydrogen-bond acceptors (Lipinski definition) is 4. The summed E-state index contributed by atoms with van der Waals surface area (Å²) >= 11 is 0. The van der Waals surface area contributed by atoms with Gasteiger partial charge in [0.25, 0.3) is 0 Å². The molecule has 26 heavy (non-hydrogen) atoms. The summed E-state index contributed by atoms with van der Waals surface area (Å²) in [4.78, 5) is 16.6. The second kappa shape index (κ2) is 8.15. The summed E-state index contributed by atoms with van der Waals surface area (Å²) in [6, 6.07) is 6.32. The van der Waals surface area contributed by atoms with Crippen molar-refractivity contribution < 1.29 is 9.53 Å². The van der Waals surface area contributed by atoms with Gasteiger partial charge < -0.3 is 15.4 Å². The molecular weight excluding hydrogens is 350 g/mol. The zero-order valence-electron chi connectivity index (χ0n) is 15.4. The molecule has 1 aliphatic carbocycles. The Balaban J connectivity index is 0.00000196. The fourth-order valence-electron chi connectivity index (χ4n) is 4.58. The van der Waals surface area contributed by atoms with Crippen LogP contribution in [-0.2, 0) is 14.9 Å². The van der Waals surface area contributed by atoms with Crippen LogP contribution in [0.5, 0.6) is 0 Å². The van der Waals surface area contributed by atoms with Crippen molar-refractivity contribution in [3.8, 4) is 0 Å². The molecule has 2 aliphatic heterocycles. The minimum absolute atomic E-state index is 0. The van der Waals surface area contributed by atoms with Crippen molar-refractivity contribution in [1.82, 2.24) is 4.90 Å². The number of anilines is 2. The van der Waals surface area contributed by atoms with Gasteiger partial charge in [-0.2, -0.15) is 0 Å². The summed E-state index contributed by atoms with van der Waals surface area (Å²) in [5.41, 5.74) is 9.77. The highest BCUT2D eigenvalue weighted by Gasteiger charge is 2.41. The number of nitrogens with two attached hydrogens (primary N) is 1. The Morgan fingerprint density at radius 1 is 1.08 bits per heavy atom. The highest BCUT2D eigenvalue weighted by Crippen LogP contribution is 2.47. The number of amides is 1. The monoisotopic (exact) mass is 379 g/mol. The van der Waals surface area contributed by atoms with Crippen LogP contribution < -0.4 is 10.6 Å². The molecule has 2 heterocycles. The number of halogens is 1. The maximum absolute atomic E-state index is 12.2. The Morgan fingerprint density at radius 2 is 1.85 bits per heavy atom. The number of nitrogens with zero attached hydrogens (tertiary/aromatic N) is 2. The molecule has 3 aliphatic rings. The lowest BCUT2D eigenvalue weighted by atomic mass is 9.63. The van der Waals surface area contributed by atoms with E-state index < -0.39 is 0 Å². The normalized spacial score (nSPS) is 23.2. The van der Waals surface area contributed by atoms with E-state index in [9.17, 15) is 4.79 Å². The first-order chi connectivity index (χ1) is 12.2. The number of morpholine rings is 1. The quantitative estimate of drug-likeness (QED) is 0.817. The van der Waals surface area contributed by atoms with E-state index in [2.05, 4.69) is 17.0 Å². The van der Waals surface area contributed by atoms with E-state index in [0.29, 0.717) is 6.42 Å². The Kier molecular flexibility index (Phi) is 6.10. The Morgan fingerprint density at radius 3 is 2.46 bits per heavy atom. The van der Waals surface area contributed by atoms with Crippen LogP contribution in [0.3, 0.4) is 0 Å². The van der Waals surface area contributed by atoms with Gasteiger partial charge >= 0.3 is 0 Å². The lowest BCUT2D eigenvalue weighted by Gasteiger charge is -2.47. The molecule has 1 aromatic rings. The summed E-state index contributed by atoms with van der Waals surface area (Å²) < 4.78 is 5.48. The maximum Gasteiger partial charge on any atom is 0.226 e. The molecule has 5 nitrogen and oxygen atoms in total. The summed E-state index contributed by atoms with van der Waals surface area (Å²) in [5, 5.41) is 0. The van der Waals surface area contributed by atoms with Gasteiger partial charge in [0, 0.05) is 49.4 Å². The second-order valence-corrected chi connectivity index (χ2v) is 7.80. The zero-order chi connectivity index (χ0) is 17.3. The number of rotatable bonds is 4. The zero-order valence-corrected chi connectivity index (χ0v) is 16.2. The van der Waals surface area contributed by atoms with Crippen LogP contribution >= 0.6 is 12.4 Å². The first kappa shape index (κ1) is 19.5. The number of benzene rings is 1. The van der Waals surface area contributed by atoms with Crippen LogP contribution in [-0.4, -0.2) is 50.2 Å². The number of nitrogen functional groups attached to an aromatic ring is 1. The van der Waals surface area contributed by atoms with E-state index in [1.807, 2.05) is 11.0 Å². The van der Waals surface area contributed by atoms with E-state index in [-0.39, 0.29) is 23.7 Å². The van der Waals surface area contributed by atoms with Gasteiger partial charge in [-0.15, -0.1) is 12.4 Å². The lowest BCUT2D eigenvalue weighted by molar-refractivity contribution is -0.119. The molecule has 0 unspecified atom stereocenters. The molecule has 1 saturated carbocycles. The highest BCUT2D eigenvalue weighted by atomic mass is 35.5. The summed E-state index contributed by atoms with van der Waals surface area (Å²) in [7, 11) is 0. The average molecular weight is 380 g/mol. The SMILES string of the molecule is Cl.Nc1cc(N2CCCCC2=O)ccc1C1(CN2CCOCC2)CCC1. The van der Waals surface area contributed by atoms with E-state index in [4.69, 9.17) is 10.5 Å². The van der Waals surface area contributed by atoms with Crippen molar-refractivity contribution >= 4 is 29.7 Å². The number of ether oxygens (including phenoxy) is 1.